The Bertz CT molecular complexity index is 332. The maximum absolute atomic E-state index is 5.42. The highest BCUT2D eigenvalue weighted by atomic mass is 16.5. The molecule has 1 atom stereocenters. The summed E-state index contributed by atoms with van der Waals surface area (Å²) in [6, 6.07) is 0.490. The van der Waals surface area contributed by atoms with Gasteiger partial charge in [-0.05, 0) is 12.8 Å². The maximum Gasteiger partial charge on any atom is 0.227 e. The van der Waals surface area contributed by atoms with E-state index in [2.05, 4.69) is 29.3 Å². The molecule has 2 heterocycles. The van der Waals surface area contributed by atoms with Crippen LogP contribution < -0.4 is 5.32 Å². The first kappa shape index (κ1) is 12.5. The van der Waals surface area contributed by atoms with Crippen LogP contribution in [-0.4, -0.2) is 35.9 Å². The molecular weight excluding hydrogens is 218 g/mol. The molecule has 0 saturated carbocycles. The molecule has 1 N–H and O–H groups in total. The van der Waals surface area contributed by atoms with E-state index in [1.807, 2.05) is 0 Å². The number of aromatic nitrogens is 2. The van der Waals surface area contributed by atoms with Crippen molar-refractivity contribution in [2.24, 2.45) is 0 Å². The SMILES string of the molecule is CC(C)NCCc1nc(C2CCCOC2)no1. The normalized spacial score (nSPS) is 21.0. The van der Waals surface area contributed by atoms with Crippen molar-refractivity contribution in [3.05, 3.63) is 11.7 Å². The summed E-state index contributed by atoms with van der Waals surface area (Å²) >= 11 is 0. The van der Waals surface area contributed by atoms with Crippen LogP contribution >= 0.6 is 0 Å². The molecule has 0 radical (unpaired) electrons. The average molecular weight is 239 g/mol. The molecule has 0 bridgehead atoms. The molecule has 96 valence electrons. The van der Waals surface area contributed by atoms with Crippen molar-refractivity contribution in [1.82, 2.24) is 15.5 Å². The summed E-state index contributed by atoms with van der Waals surface area (Å²) in [5.41, 5.74) is 0. The fourth-order valence-corrected chi connectivity index (χ4v) is 1.95. The highest BCUT2D eigenvalue weighted by molar-refractivity contribution is 4.97. The van der Waals surface area contributed by atoms with E-state index in [-0.39, 0.29) is 0 Å². The smallest absolute Gasteiger partial charge is 0.227 e. The fraction of sp³-hybridized carbons (Fsp3) is 0.833. The summed E-state index contributed by atoms with van der Waals surface area (Å²) in [6.45, 7) is 6.71. The summed E-state index contributed by atoms with van der Waals surface area (Å²) in [4.78, 5) is 4.43. The average Bonchev–Trinajstić information content (AvgIpc) is 2.78. The summed E-state index contributed by atoms with van der Waals surface area (Å²) < 4.78 is 10.7. The molecule has 0 aliphatic carbocycles. The van der Waals surface area contributed by atoms with E-state index in [1.165, 1.54) is 0 Å². The molecule has 0 amide bonds. The molecule has 5 heteroatoms. The first-order valence-corrected chi connectivity index (χ1v) is 6.39. The van der Waals surface area contributed by atoms with E-state index < -0.39 is 0 Å². The van der Waals surface area contributed by atoms with E-state index in [4.69, 9.17) is 9.26 Å². The van der Waals surface area contributed by atoms with Gasteiger partial charge in [0.05, 0.1) is 6.61 Å². The third-order valence-electron chi connectivity index (χ3n) is 2.90. The fourth-order valence-electron chi connectivity index (χ4n) is 1.95. The van der Waals surface area contributed by atoms with Crippen LogP contribution in [0, 0.1) is 0 Å². The number of hydrogen-bond acceptors (Lipinski definition) is 5. The van der Waals surface area contributed by atoms with Crippen LogP contribution in [0.2, 0.25) is 0 Å². The second-order valence-corrected chi connectivity index (χ2v) is 4.82. The second kappa shape index (κ2) is 6.12. The topological polar surface area (TPSA) is 60.2 Å². The largest absolute Gasteiger partial charge is 0.381 e. The van der Waals surface area contributed by atoms with Crippen LogP contribution in [0.25, 0.3) is 0 Å². The van der Waals surface area contributed by atoms with Crippen molar-refractivity contribution in [2.75, 3.05) is 19.8 Å². The number of ether oxygens (including phenoxy) is 1. The molecular formula is C12H21N3O2. The predicted octanol–water partition coefficient (Wildman–Crippen LogP) is 1.50. The van der Waals surface area contributed by atoms with Crippen molar-refractivity contribution >= 4 is 0 Å². The third kappa shape index (κ3) is 3.78. The van der Waals surface area contributed by atoms with Gasteiger partial charge in [0, 0.05) is 31.5 Å². The Morgan fingerprint density at radius 2 is 2.35 bits per heavy atom. The molecule has 0 spiro atoms. The lowest BCUT2D eigenvalue weighted by molar-refractivity contribution is 0.0773. The Labute approximate surface area is 102 Å². The minimum atomic E-state index is 0.319. The molecule has 1 unspecified atom stereocenters. The molecule has 1 saturated heterocycles. The summed E-state index contributed by atoms with van der Waals surface area (Å²) in [7, 11) is 0. The molecule has 2 rings (SSSR count). The van der Waals surface area contributed by atoms with Gasteiger partial charge in [-0.15, -0.1) is 0 Å². The first-order valence-electron chi connectivity index (χ1n) is 6.39. The first-order chi connectivity index (χ1) is 8.25. The van der Waals surface area contributed by atoms with Gasteiger partial charge in [-0.2, -0.15) is 4.98 Å². The Hall–Kier alpha value is -0.940. The van der Waals surface area contributed by atoms with Crippen LogP contribution in [-0.2, 0) is 11.2 Å². The lowest BCUT2D eigenvalue weighted by atomic mass is 10.0. The van der Waals surface area contributed by atoms with Crippen molar-refractivity contribution in [2.45, 2.75) is 45.1 Å². The molecule has 1 aliphatic rings. The predicted molar refractivity (Wildman–Crippen MR) is 63.9 cm³/mol. The Balaban J connectivity index is 1.82. The van der Waals surface area contributed by atoms with Gasteiger partial charge in [0.2, 0.25) is 5.89 Å². The zero-order chi connectivity index (χ0) is 12.1. The van der Waals surface area contributed by atoms with E-state index in [0.717, 1.165) is 50.7 Å². The zero-order valence-corrected chi connectivity index (χ0v) is 10.6. The summed E-state index contributed by atoms with van der Waals surface area (Å²) in [6.07, 6.45) is 2.98. The standard InChI is InChI=1S/C12H21N3O2/c1-9(2)13-6-5-11-14-12(15-17-11)10-4-3-7-16-8-10/h9-10,13H,3-8H2,1-2H3. The van der Waals surface area contributed by atoms with E-state index in [1.54, 1.807) is 0 Å². The quantitative estimate of drug-likeness (QED) is 0.844. The van der Waals surface area contributed by atoms with Gasteiger partial charge in [0.25, 0.3) is 0 Å². The Morgan fingerprint density at radius 1 is 1.47 bits per heavy atom. The maximum atomic E-state index is 5.42. The number of nitrogens with one attached hydrogen (secondary N) is 1. The van der Waals surface area contributed by atoms with Crippen LogP contribution in [0.1, 0.15) is 44.3 Å². The monoisotopic (exact) mass is 239 g/mol. The van der Waals surface area contributed by atoms with Crippen molar-refractivity contribution in [3.63, 3.8) is 0 Å². The summed E-state index contributed by atoms with van der Waals surface area (Å²) in [5, 5.41) is 7.37. The van der Waals surface area contributed by atoms with Crippen LogP contribution in [0.3, 0.4) is 0 Å². The lowest BCUT2D eigenvalue weighted by Crippen LogP contribution is -2.25. The second-order valence-electron chi connectivity index (χ2n) is 4.82. The molecule has 1 fully saturated rings. The number of rotatable bonds is 5. The minimum absolute atomic E-state index is 0.319. The molecule has 1 aromatic rings. The molecule has 5 nitrogen and oxygen atoms in total. The van der Waals surface area contributed by atoms with Crippen LogP contribution in [0.5, 0.6) is 0 Å². The third-order valence-corrected chi connectivity index (χ3v) is 2.90. The van der Waals surface area contributed by atoms with Crippen molar-refractivity contribution in [3.8, 4) is 0 Å². The van der Waals surface area contributed by atoms with Gasteiger partial charge >= 0.3 is 0 Å². The van der Waals surface area contributed by atoms with Gasteiger partial charge in [0.15, 0.2) is 5.82 Å². The number of hydrogen-bond donors (Lipinski definition) is 1. The van der Waals surface area contributed by atoms with Crippen LogP contribution in [0.15, 0.2) is 4.52 Å². The van der Waals surface area contributed by atoms with E-state index in [9.17, 15) is 0 Å². The van der Waals surface area contributed by atoms with Gasteiger partial charge in [-0.1, -0.05) is 19.0 Å². The van der Waals surface area contributed by atoms with E-state index in [0.29, 0.717) is 12.0 Å². The van der Waals surface area contributed by atoms with Gasteiger partial charge in [-0.25, -0.2) is 0 Å². The molecule has 17 heavy (non-hydrogen) atoms. The van der Waals surface area contributed by atoms with Gasteiger partial charge in [0.1, 0.15) is 0 Å². The van der Waals surface area contributed by atoms with Gasteiger partial charge < -0.3 is 14.6 Å². The highest BCUT2D eigenvalue weighted by Crippen LogP contribution is 2.22. The zero-order valence-electron chi connectivity index (χ0n) is 10.6. The Morgan fingerprint density at radius 3 is 3.06 bits per heavy atom. The highest BCUT2D eigenvalue weighted by Gasteiger charge is 2.21. The minimum Gasteiger partial charge on any atom is -0.381 e. The molecule has 1 aromatic heterocycles. The summed E-state index contributed by atoms with van der Waals surface area (Å²) in [5.74, 6) is 1.85. The van der Waals surface area contributed by atoms with E-state index >= 15 is 0 Å². The van der Waals surface area contributed by atoms with Crippen molar-refractivity contribution < 1.29 is 9.26 Å². The van der Waals surface area contributed by atoms with Gasteiger partial charge in [-0.3, -0.25) is 0 Å². The van der Waals surface area contributed by atoms with Crippen LogP contribution in [0.4, 0.5) is 0 Å². The number of nitrogens with zero attached hydrogens (tertiary/aromatic N) is 2. The molecule has 0 aromatic carbocycles. The lowest BCUT2D eigenvalue weighted by Gasteiger charge is -2.18. The van der Waals surface area contributed by atoms with Crippen molar-refractivity contribution in [1.29, 1.82) is 0 Å². The Kier molecular flexibility index (Phi) is 4.50. The molecule has 1 aliphatic heterocycles.